The fraction of sp³-hybridized carbons (Fsp3) is 0.0476. The Morgan fingerprint density at radius 1 is 0.871 bits per heavy atom. The SMILES string of the molecule is CNC(=O)c1cc(Oc2cccc(C(=O)NNC(=O)c3cc(Cl)ccc3Cl)c2)ccn1. The van der Waals surface area contributed by atoms with Gasteiger partial charge in [0.2, 0.25) is 0 Å². The minimum atomic E-state index is -0.619. The largest absolute Gasteiger partial charge is 0.457 e. The number of pyridine rings is 1. The van der Waals surface area contributed by atoms with Crippen molar-refractivity contribution < 1.29 is 19.1 Å². The first-order chi connectivity index (χ1) is 14.9. The van der Waals surface area contributed by atoms with E-state index >= 15 is 0 Å². The molecule has 0 atom stereocenters. The van der Waals surface area contributed by atoms with E-state index in [1.54, 1.807) is 30.3 Å². The van der Waals surface area contributed by atoms with E-state index in [2.05, 4.69) is 21.2 Å². The van der Waals surface area contributed by atoms with Gasteiger partial charge in [-0.1, -0.05) is 29.3 Å². The maximum absolute atomic E-state index is 12.4. The van der Waals surface area contributed by atoms with E-state index in [0.717, 1.165) is 0 Å². The van der Waals surface area contributed by atoms with E-state index in [4.69, 9.17) is 27.9 Å². The zero-order chi connectivity index (χ0) is 22.4. The lowest BCUT2D eigenvalue weighted by molar-refractivity contribution is 0.0846. The summed E-state index contributed by atoms with van der Waals surface area (Å²) in [6.07, 6.45) is 1.44. The maximum atomic E-state index is 12.4. The van der Waals surface area contributed by atoms with Gasteiger partial charge in [0.15, 0.2) is 0 Å². The fourth-order valence-corrected chi connectivity index (χ4v) is 2.86. The van der Waals surface area contributed by atoms with Gasteiger partial charge in [-0.05, 0) is 42.5 Å². The summed E-state index contributed by atoms with van der Waals surface area (Å²) < 4.78 is 5.71. The normalized spacial score (nSPS) is 10.2. The molecule has 0 aliphatic rings. The molecule has 2 aromatic carbocycles. The van der Waals surface area contributed by atoms with Crippen LogP contribution in [0.5, 0.6) is 11.5 Å². The number of halogens is 2. The predicted octanol–water partition coefficient (Wildman–Crippen LogP) is 3.62. The van der Waals surface area contributed by atoms with Crippen molar-refractivity contribution in [1.29, 1.82) is 0 Å². The Hall–Kier alpha value is -3.62. The van der Waals surface area contributed by atoms with E-state index < -0.39 is 11.8 Å². The monoisotopic (exact) mass is 458 g/mol. The molecule has 0 saturated carbocycles. The highest BCUT2D eigenvalue weighted by Crippen LogP contribution is 2.23. The lowest BCUT2D eigenvalue weighted by Crippen LogP contribution is -2.41. The molecule has 10 heteroatoms. The van der Waals surface area contributed by atoms with Crippen molar-refractivity contribution in [3.05, 3.63) is 87.7 Å². The van der Waals surface area contributed by atoms with Gasteiger partial charge in [-0.15, -0.1) is 0 Å². The molecule has 1 aromatic heterocycles. The van der Waals surface area contributed by atoms with Gasteiger partial charge in [-0.25, -0.2) is 0 Å². The van der Waals surface area contributed by atoms with E-state index in [0.29, 0.717) is 16.5 Å². The molecule has 3 amide bonds. The molecule has 0 aliphatic carbocycles. The number of nitrogens with zero attached hydrogens (tertiary/aromatic N) is 1. The van der Waals surface area contributed by atoms with E-state index in [9.17, 15) is 14.4 Å². The van der Waals surface area contributed by atoms with Crippen LogP contribution in [-0.4, -0.2) is 29.8 Å². The Balaban J connectivity index is 1.67. The first-order valence-electron chi connectivity index (χ1n) is 8.89. The van der Waals surface area contributed by atoms with E-state index in [1.165, 1.54) is 37.5 Å². The molecule has 1 heterocycles. The minimum Gasteiger partial charge on any atom is -0.457 e. The maximum Gasteiger partial charge on any atom is 0.271 e. The molecule has 0 saturated heterocycles. The Morgan fingerprint density at radius 2 is 1.61 bits per heavy atom. The average molecular weight is 459 g/mol. The van der Waals surface area contributed by atoms with E-state index in [-0.39, 0.29) is 27.8 Å². The Morgan fingerprint density at radius 3 is 2.39 bits per heavy atom. The van der Waals surface area contributed by atoms with Crippen LogP contribution in [0, 0.1) is 0 Å². The third kappa shape index (κ3) is 5.71. The van der Waals surface area contributed by atoms with Crippen LogP contribution in [-0.2, 0) is 0 Å². The summed E-state index contributed by atoms with van der Waals surface area (Å²) in [5.41, 5.74) is 5.14. The van der Waals surface area contributed by atoms with Crippen LogP contribution < -0.4 is 20.9 Å². The third-order valence-electron chi connectivity index (χ3n) is 3.99. The van der Waals surface area contributed by atoms with Crippen LogP contribution >= 0.6 is 23.2 Å². The average Bonchev–Trinajstić information content (AvgIpc) is 2.78. The van der Waals surface area contributed by atoms with Crippen LogP contribution in [0.15, 0.2) is 60.8 Å². The molecular weight excluding hydrogens is 443 g/mol. The highest BCUT2D eigenvalue weighted by Gasteiger charge is 2.14. The van der Waals surface area contributed by atoms with Gasteiger partial charge in [0, 0.05) is 29.9 Å². The summed E-state index contributed by atoms with van der Waals surface area (Å²) in [7, 11) is 1.50. The summed E-state index contributed by atoms with van der Waals surface area (Å²) >= 11 is 11.9. The number of amides is 3. The Bertz CT molecular complexity index is 1150. The Labute approximate surface area is 187 Å². The summed E-state index contributed by atoms with van der Waals surface area (Å²) in [4.78, 5) is 40.3. The van der Waals surface area contributed by atoms with Crippen molar-refractivity contribution in [3.8, 4) is 11.5 Å². The lowest BCUT2D eigenvalue weighted by Gasteiger charge is -2.10. The van der Waals surface area contributed by atoms with Crippen LogP contribution in [0.1, 0.15) is 31.2 Å². The van der Waals surface area contributed by atoms with Gasteiger partial charge >= 0.3 is 0 Å². The first kappa shape index (κ1) is 22.1. The number of rotatable bonds is 5. The molecule has 0 spiro atoms. The summed E-state index contributed by atoms with van der Waals surface area (Å²) in [6.45, 7) is 0. The molecule has 0 radical (unpaired) electrons. The van der Waals surface area contributed by atoms with Crippen molar-refractivity contribution in [3.63, 3.8) is 0 Å². The van der Waals surface area contributed by atoms with Crippen LogP contribution in [0.4, 0.5) is 0 Å². The van der Waals surface area contributed by atoms with Gasteiger partial charge in [-0.3, -0.25) is 30.2 Å². The number of hydrazine groups is 1. The van der Waals surface area contributed by atoms with Gasteiger partial charge in [0.25, 0.3) is 17.7 Å². The molecule has 8 nitrogen and oxygen atoms in total. The van der Waals surface area contributed by atoms with Crippen molar-refractivity contribution in [2.24, 2.45) is 0 Å². The summed E-state index contributed by atoms with van der Waals surface area (Å²) in [6, 6.07) is 13.7. The number of hydrogen-bond donors (Lipinski definition) is 3. The van der Waals surface area contributed by atoms with Crippen molar-refractivity contribution in [1.82, 2.24) is 21.2 Å². The number of carbonyl (C=O) groups is 3. The molecule has 158 valence electrons. The van der Waals surface area contributed by atoms with Gasteiger partial charge in [-0.2, -0.15) is 0 Å². The number of aromatic nitrogens is 1. The molecule has 31 heavy (non-hydrogen) atoms. The quantitative estimate of drug-likeness (QED) is 0.505. The topological polar surface area (TPSA) is 109 Å². The van der Waals surface area contributed by atoms with Gasteiger partial charge in [0.1, 0.15) is 17.2 Å². The number of hydrogen-bond acceptors (Lipinski definition) is 5. The van der Waals surface area contributed by atoms with Crippen molar-refractivity contribution in [2.45, 2.75) is 0 Å². The molecule has 0 fully saturated rings. The summed E-state index contributed by atoms with van der Waals surface area (Å²) in [5.74, 6) is -0.820. The van der Waals surface area contributed by atoms with Gasteiger partial charge in [0.05, 0.1) is 10.6 Å². The zero-order valence-corrected chi connectivity index (χ0v) is 17.6. The van der Waals surface area contributed by atoms with Crippen LogP contribution in [0.3, 0.4) is 0 Å². The molecular formula is C21H16Cl2N4O4. The number of nitrogens with one attached hydrogen (secondary N) is 3. The van der Waals surface area contributed by atoms with Crippen molar-refractivity contribution in [2.75, 3.05) is 7.05 Å². The number of ether oxygens (including phenoxy) is 1. The van der Waals surface area contributed by atoms with Crippen LogP contribution in [0.25, 0.3) is 0 Å². The first-order valence-corrected chi connectivity index (χ1v) is 9.65. The second-order valence-electron chi connectivity index (χ2n) is 6.12. The second kappa shape index (κ2) is 9.92. The predicted molar refractivity (Wildman–Crippen MR) is 116 cm³/mol. The van der Waals surface area contributed by atoms with E-state index in [1.807, 2.05) is 0 Å². The number of benzene rings is 2. The van der Waals surface area contributed by atoms with Crippen molar-refractivity contribution >= 4 is 40.9 Å². The fourth-order valence-electron chi connectivity index (χ4n) is 2.49. The second-order valence-corrected chi connectivity index (χ2v) is 6.96. The molecule has 0 unspecified atom stereocenters. The Kier molecular flexibility index (Phi) is 7.07. The molecule has 3 rings (SSSR count). The smallest absolute Gasteiger partial charge is 0.271 e. The molecule has 3 aromatic rings. The van der Waals surface area contributed by atoms with Gasteiger partial charge < -0.3 is 10.1 Å². The third-order valence-corrected chi connectivity index (χ3v) is 4.55. The standard InChI is InChI=1S/C21H16Cl2N4O4/c1-24-21(30)18-11-15(7-8-25-18)31-14-4-2-3-12(9-14)19(28)26-27-20(29)16-10-13(22)5-6-17(16)23/h2-11H,1H3,(H,24,30)(H,26,28)(H,27,29). The number of carbonyl (C=O) groups excluding carboxylic acids is 3. The zero-order valence-electron chi connectivity index (χ0n) is 16.1. The molecule has 0 aliphatic heterocycles. The van der Waals surface area contributed by atoms with Crippen LogP contribution in [0.2, 0.25) is 10.0 Å². The molecule has 3 N–H and O–H groups in total. The lowest BCUT2D eigenvalue weighted by atomic mass is 10.2. The highest BCUT2D eigenvalue weighted by atomic mass is 35.5. The molecule has 0 bridgehead atoms. The minimum absolute atomic E-state index is 0.121. The summed E-state index contributed by atoms with van der Waals surface area (Å²) in [5, 5.41) is 3.01. The highest BCUT2D eigenvalue weighted by molar-refractivity contribution is 6.35.